The summed E-state index contributed by atoms with van der Waals surface area (Å²) in [5.74, 6) is 0.783. The van der Waals surface area contributed by atoms with E-state index in [-0.39, 0.29) is 18.6 Å². The molecule has 0 N–H and O–H groups in total. The minimum atomic E-state index is -0.0691. The Morgan fingerprint density at radius 2 is 1.96 bits per heavy atom. The van der Waals surface area contributed by atoms with Crippen LogP contribution < -0.4 is 4.74 Å². The van der Waals surface area contributed by atoms with E-state index in [1.165, 1.54) is 6.33 Å². The number of ether oxygens (including phenoxy) is 1. The molecule has 0 aliphatic carbocycles. The maximum atomic E-state index is 12.9. The van der Waals surface area contributed by atoms with Gasteiger partial charge in [0, 0.05) is 12.6 Å². The highest BCUT2D eigenvalue weighted by molar-refractivity contribution is 5.99. The maximum Gasteiger partial charge on any atom is 0.253 e. The van der Waals surface area contributed by atoms with Gasteiger partial charge in [0.05, 0.1) is 17.3 Å². The van der Waals surface area contributed by atoms with Gasteiger partial charge in [-0.15, -0.1) is 0 Å². The van der Waals surface area contributed by atoms with E-state index in [2.05, 4.69) is 10.1 Å². The number of hydrogen-bond acceptors (Lipinski definition) is 4. The molecule has 2 aromatic carbocycles. The second-order valence-electron chi connectivity index (χ2n) is 6.52. The fourth-order valence-corrected chi connectivity index (χ4v) is 3.11. The van der Waals surface area contributed by atoms with Crippen molar-refractivity contribution in [2.45, 2.75) is 13.0 Å². The Morgan fingerprint density at radius 1 is 1.19 bits per heavy atom. The van der Waals surface area contributed by atoms with Gasteiger partial charge in [-0.05, 0) is 36.8 Å². The zero-order chi connectivity index (χ0) is 18.8. The van der Waals surface area contributed by atoms with E-state index < -0.39 is 0 Å². The molecule has 0 spiro atoms. The molecule has 1 atom stereocenters. The first-order valence-electron chi connectivity index (χ1n) is 8.78. The Balaban J connectivity index is 1.51. The van der Waals surface area contributed by atoms with Crippen LogP contribution in [0.3, 0.4) is 0 Å². The van der Waals surface area contributed by atoms with Gasteiger partial charge in [0.2, 0.25) is 0 Å². The van der Waals surface area contributed by atoms with Crippen molar-refractivity contribution in [3.05, 3.63) is 77.9 Å². The maximum absolute atomic E-state index is 12.9. The number of hydrogen-bond donors (Lipinski definition) is 0. The van der Waals surface area contributed by atoms with Crippen molar-refractivity contribution in [1.29, 1.82) is 0 Å². The van der Waals surface area contributed by atoms with Crippen LogP contribution >= 0.6 is 0 Å². The molecule has 0 unspecified atom stereocenters. The molecule has 0 radical (unpaired) electrons. The van der Waals surface area contributed by atoms with Crippen LogP contribution in [-0.4, -0.2) is 39.2 Å². The smallest absolute Gasteiger partial charge is 0.253 e. The third-order valence-corrected chi connectivity index (χ3v) is 4.87. The van der Waals surface area contributed by atoms with Crippen molar-refractivity contribution in [1.82, 2.24) is 19.7 Å². The minimum Gasteiger partial charge on any atom is -0.488 e. The molecule has 0 bridgehead atoms. The van der Waals surface area contributed by atoms with Gasteiger partial charge in [-0.3, -0.25) is 4.79 Å². The van der Waals surface area contributed by atoms with Crippen molar-refractivity contribution < 1.29 is 9.53 Å². The average Bonchev–Trinajstić information content (AvgIpc) is 3.27. The van der Waals surface area contributed by atoms with Gasteiger partial charge in [-0.2, -0.15) is 5.10 Å². The lowest BCUT2D eigenvalue weighted by molar-refractivity contribution is -0.128. The number of benzene rings is 2. The monoisotopic (exact) mass is 360 g/mol. The van der Waals surface area contributed by atoms with E-state index >= 15 is 0 Å². The standard InChI is InChI=1S/C21H20N4O2/c1-15(16-7-9-19(10-8-16)25-14-22-13-23-25)24(2)21(26)18-11-17-5-3-4-6-20(17)27-12-18/h3-11,13-15H,12H2,1-2H3/t15-/m1/s1. The Labute approximate surface area is 157 Å². The molecule has 0 fully saturated rings. The highest BCUT2D eigenvalue weighted by Crippen LogP contribution is 2.28. The van der Waals surface area contributed by atoms with Crippen LogP contribution in [0.1, 0.15) is 24.1 Å². The summed E-state index contributed by atoms with van der Waals surface area (Å²) >= 11 is 0. The van der Waals surface area contributed by atoms with Crippen LogP contribution in [0.25, 0.3) is 11.8 Å². The van der Waals surface area contributed by atoms with E-state index in [1.54, 1.807) is 15.9 Å². The van der Waals surface area contributed by atoms with Gasteiger partial charge in [0.25, 0.3) is 5.91 Å². The highest BCUT2D eigenvalue weighted by atomic mass is 16.5. The fourth-order valence-electron chi connectivity index (χ4n) is 3.11. The van der Waals surface area contributed by atoms with Crippen molar-refractivity contribution >= 4 is 12.0 Å². The number of carbonyl (C=O) groups excluding carboxylic acids is 1. The third-order valence-electron chi connectivity index (χ3n) is 4.87. The van der Waals surface area contributed by atoms with Gasteiger partial charge in [-0.25, -0.2) is 9.67 Å². The second kappa shape index (κ2) is 7.07. The Hall–Kier alpha value is -3.41. The number of carbonyl (C=O) groups is 1. The summed E-state index contributed by atoms with van der Waals surface area (Å²) in [7, 11) is 1.82. The van der Waals surface area contributed by atoms with Crippen LogP contribution in [0.2, 0.25) is 0 Å². The summed E-state index contributed by atoms with van der Waals surface area (Å²) in [6.45, 7) is 2.30. The van der Waals surface area contributed by atoms with E-state index in [0.29, 0.717) is 5.57 Å². The lowest BCUT2D eigenvalue weighted by atomic mass is 10.0. The van der Waals surface area contributed by atoms with Crippen molar-refractivity contribution in [3.8, 4) is 11.4 Å². The predicted octanol–water partition coefficient (Wildman–Crippen LogP) is 3.26. The Kier molecular flexibility index (Phi) is 4.46. The van der Waals surface area contributed by atoms with Crippen LogP contribution in [0.5, 0.6) is 5.75 Å². The number of likely N-dealkylation sites (N-methyl/N-ethyl adjacent to an activating group) is 1. The molecule has 1 aliphatic rings. The molecule has 27 heavy (non-hydrogen) atoms. The first-order valence-corrected chi connectivity index (χ1v) is 8.78. The molecule has 4 rings (SSSR count). The average molecular weight is 360 g/mol. The van der Waals surface area contributed by atoms with Crippen molar-refractivity contribution in [3.63, 3.8) is 0 Å². The zero-order valence-corrected chi connectivity index (χ0v) is 15.2. The predicted molar refractivity (Wildman–Crippen MR) is 102 cm³/mol. The minimum absolute atomic E-state index is 0.0302. The topological polar surface area (TPSA) is 60.2 Å². The highest BCUT2D eigenvalue weighted by Gasteiger charge is 2.23. The number of rotatable bonds is 4. The largest absolute Gasteiger partial charge is 0.488 e. The summed E-state index contributed by atoms with van der Waals surface area (Å²) in [6, 6.07) is 15.6. The lowest BCUT2D eigenvalue weighted by Gasteiger charge is -2.28. The first-order chi connectivity index (χ1) is 13.1. The molecule has 0 saturated heterocycles. The number of fused-ring (bicyclic) bond motifs is 1. The van der Waals surface area contributed by atoms with Gasteiger partial charge >= 0.3 is 0 Å². The molecule has 1 amide bonds. The van der Waals surface area contributed by atoms with Crippen LogP contribution in [0.15, 0.2) is 66.8 Å². The number of para-hydroxylation sites is 1. The first kappa shape index (κ1) is 17.0. The Bertz CT molecular complexity index is 978. The van der Waals surface area contributed by atoms with Gasteiger partial charge < -0.3 is 9.64 Å². The lowest BCUT2D eigenvalue weighted by Crippen LogP contribution is -2.33. The van der Waals surface area contributed by atoms with Crippen molar-refractivity contribution in [2.75, 3.05) is 13.7 Å². The summed E-state index contributed by atoms with van der Waals surface area (Å²) in [6.07, 6.45) is 5.07. The molecule has 6 heteroatoms. The molecule has 6 nitrogen and oxygen atoms in total. The molecule has 136 valence electrons. The van der Waals surface area contributed by atoms with E-state index in [0.717, 1.165) is 22.6 Å². The van der Waals surface area contributed by atoms with E-state index in [4.69, 9.17) is 4.74 Å². The Morgan fingerprint density at radius 3 is 2.70 bits per heavy atom. The molecular weight excluding hydrogens is 340 g/mol. The van der Waals surface area contributed by atoms with Crippen LogP contribution in [0.4, 0.5) is 0 Å². The second-order valence-corrected chi connectivity index (χ2v) is 6.52. The quantitative estimate of drug-likeness (QED) is 0.716. The van der Waals surface area contributed by atoms with Gasteiger partial charge in [-0.1, -0.05) is 30.3 Å². The van der Waals surface area contributed by atoms with Crippen LogP contribution in [0, 0.1) is 0 Å². The zero-order valence-electron chi connectivity index (χ0n) is 15.2. The van der Waals surface area contributed by atoms with Gasteiger partial charge in [0.15, 0.2) is 0 Å². The van der Waals surface area contributed by atoms with Crippen LogP contribution in [-0.2, 0) is 4.79 Å². The SMILES string of the molecule is C[C@H](c1ccc(-n2cncn2)cc1)N(C)C(=O)C1=Cc2ccccc2OC1. The van der Waals surface area contributed by atoms with Gasteiger partial charge in [0.1, 0.15) is 25.0 Å². The molecule has 2 heterocycles. The fraction of sp³-hybridized carbons (Fsp3) is 0.190. The molecular formula is C21H20N4O2. The summed E-state index contributed by atoms with van der Waals surface area (Å²) in [5.41, 5.74) is 3.57. The van der Waals surface area contributed by atoms with E-state index in [1.807, 2.05) is 68.6 Å². The third kappa shape index (κ3) is 3.33. The normalized spacial score (nSPS) is 13.9. The molecule has 1 aromatic heterocycles. The number of amides is 1. The number of nitrogens with zero attached hydrogens (tertiary/aromatic N) is 4. The molecule has 3 aromatic rings. The molecule has 0 saturated carbocycles. The summed E-state index contributed by atoms with van der Waals surface area (Å²) < 4.78 is 7.42. The van der Waals surface area contributed by atoms with E-state index in [9.17, 15) is 4.79 Å². The number of aromatic nitrogens is 3. The molecule has 1 aliphatic heterocycles. The van der Waals surface area contributed by atoms with Crippen molar-refractivity contribution in [2.24, 2.45) is 0 Å². The summed E-state index contributed by atoms with van der Waals surface area (Å²) in [5, 5.41) is 4.12. The summed E-state index contributed by atoms with van der Waals surface area (Å²) in [4.78, 5) is 18.6.